The van der Waals surface area contributed by atoms with E-state index in [9.17, 15) is 0 Å². The number of nitrogens with one attached hydrogen (secondary N) is 2. The molecule has 0 bridgehead atoms. The number of para-hydroxylation sites is 2. The minimum atomic E-state index is 0.354. The van der Waals surface area contributed by atoms with Crippen LogP contribution in [0.25, 0.3) is 0 Å². The van der Waals surface area contributed by atoms with Crippen LogP contribution < -0.4 is 10.6 Å². The van der Waals surface area contributed by atoms with Crippen LogP contribution in [0.15, 0.2) is 60.7 Å². The number of hydrogen-bond acceptors (Lipinski definition) is 2. The van der Waals surface area contributed by atoms with Gasteiger partial charge in [-0.2, -0.15) is 0 Å². The van der Waals surface area contributed by atoms with Crippen molar-refractivity contribution in [2.75, 3.05) is 10.6 Å². The molecule has 2 heteroatoms. The van der Waals surface area contributed by atoms with Gasteiger partial charge in [-0.15, -0.1) is 0 Å². The van der Waals surface area contributed by atoms with Crippen LogP contribution in [-0.4, -0.2) is 12.1 Å². The van der Waals surface area contributed by atoms with Gasteiger partial charge in [0.2, 0.25) is 0 Å². The van der Waals surface area contributed by atoms with Crippen molar-refractivity contribution in [1.82, 2.24) is 0 Å². The topological polar surface area (TPSA) is 24.1 Å². The number of rotatable bonds is 5. The third-order valence-electron chi connectivity index (χ3n) is 3.09. The van der Waals surface area contributed by atoms with E-state index in [4.69, 9.17) is 0 Å². The third kappa shape index (κ3) is 3.52. The Morgan fingerprint density at radius 3 is 1.28 bits per heavy atom. The highest BCUT2D eigenvalue weighted by Gasteiger charge is 2.11. The van der Waals surface area contributed by atoms with Crippen LogP contribution in [0.5, 0.6) is 0 Å². The van der Waals surface area contributed by atoms with Crippen molar-refractivity contribution in [3.63, 3.8) is 0 Å². The molecule has 0 heterocycles. The van der Waals surface area contributed by atoms with E-state index >= 15 is 0 Å². The SMILES string of the molecule is CC(Nc1ccccc1)C(C)Nc1ccccc1. The molecule has 0 saturated carbocycles. The molecule has 0 aromatic heterocycles. The van der Waals surface area contributed by atoms with Crippen molar-refractivity contribution in [1.29, 1.82) is 0 Å². The largest absolute Gasteiger partial charge is 0.381 e. The fourth-order valence-corrected chi connectivity index (χ4v) is 1.84. The van der Waals surface area contributed by atoms with Crippen molar-refractivity contribution >= 4 is 11.4 Å². The molecule has 2 unspecified atom stereocenters. The van der Waals surface area contributed by atoms with Gasteiger partial charge in [0.1, 0.15) is 0 Å². The molecular weight excluding hydrogens is 220 g/mol. The minimum Gasteiger partial charge on any atom is -0.381 e. The van der Waals surface area contributed by atoms with Crippen LogP contribution in [0.2, 0.25) is 0 Å². The second-order valence-corrected chi connectivity index (χ2v) is 4.60. The van der Waals surface area contributed by atoms with Crippen LogP contribution in [0.1, 0.15) is 13.8 Å². The molecule has 0 aliphatic rings. The van der Waals surface area contributed by atoms with Crippen LogP contribution in [0, 0.1) is 0 Å². The zero-order valence-corrected chi connectivity index (χ0v) is 10.9. The van der Waals surface area contributed by atoms with E-state index in [2.05, 4.69) is 48.7 Å². The average molecular weight is 240 g/mol. The van der Waals surface area contributed by atoms with Gasteiger partial charge < -0.3 is 10.6 Å². The quantitative estimate of drug-likeness (QED) is 0.825. The Kier molecular flexibility index (Phi) is 4.24. The summed E-state index contributed by atoms with van der Waals surface area (Å²) in [5.41, 5.74) is 2.32. The lowest BCUT2D eigenvalue weighted by Gasteiger charge is -2.24. The average Bonchev–Trinajstić information content (AvgIpc) is 2.41. The van der Waals surface area contributed by atoms with Crippen LogP contribution in [-0.2, 0) is 0 Å². The summed E-state index contributed by atoms with van der Waals surface area (Å²) >= 11 is 0. The predicted molar refractivity (Wildman–Crippen MR) is 79.1 cm³/mol. The smallest absolute Gasteiger partial charge is 0.0431 e. The van der Waals surface area contributed by atoms with E-state index in [1.54, 1.807) is 0 Å². The van der Waals surface area contributed by atoms with Crippen LogP contribution in [0.3, 0.4) is 0 Å². The van der Waals surface area contributed by atoms with Gasteiger partial charge in [-0.1, -0.05) is 36.4 Å². The van der Waals surface area contributed by atoms with E-state index < -0.39 is 0 Å². The van der Waals surface area contributed by atoms with Gasteiger partial charge >= 0.3 is 0 Å². The molecule has 0 saturated heterocycles. The maximum Gasteiger partial charge on any atom is 0.0431 e. The van der Waals surface area contributed by atoms with Gasteiger partial charge in [-0.3, -0.25) is 0 Å². The molecule has 2 atom stereocenters. The molecule has 0 aliphatic carbocycles. The summed E-state index contributed by atoms with van der Waals surface area (Å²) in [6, 6.07) is 21.3. The fraction of sp³-hybridized carbons (Fsp3) is 0.250. The Balaban J connectivity index is 1.91. The Labute approximate surface area is 109 Å². The lowest BCUT2D eigenvalue weighted by Crippen LogP contribution is -2.34. The Hall–Kier alpha value is -1.96. The van der Waals surface area contributed by atoms with Crippen molar-refractivity contribution in [3.05, 3.63) is 60.7 Å². The van der Waals surface area contributed by atoms with Crippen molar-refractivity contribution in [3.8, 4) is 0 Å². The first-order valence-corrected chi connectivity index (χ1v) is 6.39. The zero-order valence-electron chi connectivity index (χ0n) is 10.9. The van der Waals surface area contributed by atoms with Gasteiger partial charge in [0.15, 0.2) is 0 Å². The first-order chi connectivity index (χ1) is 8.75. The molecule has 2 N–H and O–H groups in total. The normalized spacial score (nSPS) is 13.7. The van der Waals surface area contributed by atoms with E-state index in [0.29, 0.717) is 12.1 Å². The van der Waals surface area contributed by atoms with Gasteiger partial charge in [0, 0.05) is 23.5 Å². The molecule has 2 rings (SSSR count). The second-order valence-electron chi connectivity index (χ2n) is 4.60. The molecule has 94 valence electrons. The number of benzene rings is 2. The van der Waals surface area contributed by atoms with Crippen LogP contribution in [0.4, 0.5) is 11.4 Å². The highest BCUT2D eigenvalue weighted by molar-refractivity contribution is 5.46. The minimum absolute atomic E-state index is 0.354. The summed E-state index contributed by atoms with van der Waals surface area (Å²) in [5, 5.41) is 7.00. The summed E-state index contributed by atoms with van der Waals surface area (Å²) in [6.45, 7) is 4.38. The lowest BCUT2D eigenvalue weighted by molar-refractivity contribution is 0.677. The Bertz CT molecular complexity index is 408. The molecule has 0 aliphatic heterocycles. The first-order valence-electron chi connectivity index (χ1n) is 6.39. The fourth-order valence-electron chi connectivity index (χ4n) is 1.84. The van der Waals surface area contributed by atoms with Crippen molar-refractivity contribution in [2.45, 2.75) is 25.9 Å². The highest BCUT2D eigenvalue weighted by atomic mass is 15.0. The van der Waals surface area contributed by atoms with Gasteiger partial charge in [-0.25, -0.2) is 0 Å². The maximum atomic E-state index is 3.50. The molecule has 0 spiro atoms. The molecule has 0 radical (unpaired) electrons. The van der Waals surface area contributed by atoms with E-state index in [-0.39, 0.29) is 0 Å². The second kappa shape index (κ2) is 6.10. The number of anilines is 2. The molecule has 2 nitrogen and oxygen atoms in total. The third-order valence-corrected chi connectivity index (χ3v) is 3.09. The Morgan fingerprint density at radius 1 is 0.611 bits per heavy atom. The molecular formula is C16H20N2. The summed E-state index contributed by atoms with van der Waals surface area (Å²) in [7, 11) is 0. The van der Waals surface area contributed by atoms with E-state index in [1.807, 2.05) is 36.4 Å². The molecule has 0 amide bonds. The number of hydrogen-bond donors (Lipinski definition) is 2. The highest BCUT2D eigenvalue weighted by Crippen LogP contribution is 2.12. The summed E-state index contributed by atoms with van der Waals surface area (Å²) in [5.74, 6) is 0. The zero-order chi connectivity index (χ0) is 12.8. The van der Waals surface area contributed by atoms with Gasteiger partial charge in [0.25, 0.3) is 0 Å². The maximum absolute atomic E-state index is 3.50. The van der Waals surface area contributed by atoms with Gasteiger partial charge in [0.05, 0.1) is 0 Å². The molecule has 18 heavy (non-hydrogen) atoms. The molecule has 0 fully saturated rings. The predicted octanol–water partition coefficient (Wildman–Crippen LogP) is 3.99. The first kappa shape index (κ1) is 12.5. The Morgan fingerprint density at radius 2 is 0.944 bits per heavy atom. The van der Waals surface area contributed by atoms with Crippen molar-refractivity contribution < 1.29 is 0 Å². The summed E-state index contributed by atoms with van der Waals surface area (Å²) < 4.78 is 0. The monoisotopic (exact) mass is 240 g/mol. The van der Waals surface area contributed by atoms with Crippen molar-refractivity contribution in [2.24, 2.45) is 0 Å². The summed E-state index contributed by atoms with van der Waals surface area (Å²) in [6.07, 6.45) is 0. The molecule has 2 aromatic carbocycles. The van der Waals surface area contributed by atoms with Crippen LogP contribution >= 0.6 is 0 Å². The standard InChI is InChI=1S/C16H20N2/c1-13(17-15-9-5-3-6-10-15)14(2)18-16-11-7-4-8-12-16/h3-14,17-18H,1-2H3. The van der Waals surface area contributed by atoms with E-state index in [0.717, 1.165) is 11.4 Å². The van der Waals surface area contributed by atoms with Gasteiger partial charge in [-0.05, 0) is 38.1 Å². The lowest BCUT2D eigenvalue weighted by atomic mass is 10.1. The van der Waals surface area contributed by atoms with E-state index in [1.165, 1.54) is 0 Å². The summed E-state index contributed by atoms with van der Waals surface area (Å²) in [4.78, 5) is 0. The molecule has 2 aromatic rings.